The van der Waals surface area contributed by atoms with Crippen LogP contribution < -0.4 is 9.47 Å². The van der Waals surface area contributed by atoms with E-state index >= 15 is 0 Å². The molecule has 0 spiro atoms. The van der Waals surface area contributed by atoms with Crippen LogP contribution in [0.2, 0.25) is 0 Å². The molecule has 0 saturated carbocycles. The molecular formula is C16H13N3O5. The molecule has 3 rings (SSSR count). The summed E-state index contributed by atoms with van der Waals surface area (Å²) in [5, 5.41) is 14.6. The van der Waals surface area contributed by atoms with E-state index in [1.807, 2.05) is 0 Å². The van der Waals surface area contributed by atoms with E-state index in [-0.39, 0.29) is 5.69 Å². The fourth-order valence-electron chi connectivity index (χ4n) is 2.16. The fraction of sp³-hybridized carbons (Fsp3) is 0.125. The zero-order valence-electron chi connectivity index (χ0n) is 12.9. The minimum absolute atomic E-state index is 0.00218. The van der Waals surface area contributed by atoms with Gasteiger partial charge in [-0.2, -0.15) is 4.98 Å². The van der Waals surface area contributed by atoms with Crippen LogP contribution in [0, 0.1) is 10.1 Å². The van der Waals surface area contributed by atoms with Crippen molar-refractivity contribution in [3.63, 3.8) is 0 Å². The number of rotatable bonds is 5. The van der Waals surface area contributed by atoms with Gasteiger partial charge in [0.25, 0.3) is 11.6 Å². The molecule has 8 nitrogen and oxygen atoms in total. The second kappa shape index (κ2) is 6.37. The smallest absolute Gasteiger partial charge is 0.269 e. The molecule has 0 amide bonds. The monoisotopic (exact) mass is 327 g/mol. The van der Waals surface area contributed by atoms with E-state index in [4.69, 9.17) is 14.0 Å². The summed E-state index contributed by atoms with van der Waals surface area (Å²) in [4.78, 5) is 14.5. The lowest BCUT2D eigenvalue weighted by Gasteiger charge is -2.07. The number of nitrogens with zero attached hydrogens (tertiary/aromatic N) is 3. The molecule has 0 N–H and O–H groups in total. The van der Waals surface area contributed by atoms with Crippen LogP contribution in [-0.2, 0) is 0 Å². The third kappa shape index (κ3) is 2.89. The molecule has 0 bridgehead atoms. The number of ether oxygens (including phenoxy) is 2. The van der Waals surface area contributed by atoms with Crippen LogP contribution in [-0.4, -0.2) is 29.3 Å². The summed E-state index contributed by atoms with van der Waals surface area (Å²) in [6.07, 6.45) is 0. The topological polar surface area (TPSA) is 101 Å². The van der Waals surface area contributed by atoms with E-state index in [1.54, 1.807) is 37.4 Å². The number of hydrogen-bond acceptors (Lipinski definition) is 7. The Hall–Kier alpha value is -3.42. The first-order valence-electron chi connectivity index (χ1n) is 6.93. The first kappa shape index (κ1) is 15.5. The summed E-state index contributed by atoms with van der Waals surface area (Å²) in [7, 11) is 3.09. The molecule has 0 saturated heterocycles. The summed E-state index contributed by atoms with van der Waals surface area (Å²) in [5.74, 6) is 1.79. The van der Waals surface area contributed by atoms with Crippen LogP contribution in [0.4, 0.5) is 5.69 Å². The van der Waals surface area contributed by atoms with Gasteiger partial charge in [-0.05, 0) is 30.3 Å². The van der Waals surface area contributed by atoms with Crippen LogP contribution in [0.3, 0.4) is 0 Å². The van der Waals surface area contributed by atoms with Crippen molar-refractivity contribution >= 4 is 5.69 Å². The van der Waals surface area contributed by atoms with Crippen molar-refractivity contribution in [1.82, 2.24) is 10.1 Å². The third-order valence-electron chi connectivity index (χ3n) is 3.39. The van der Waals surface area contributed by atoms with Gasteiger partial charge in [0.15, 0.2) is 11.5 Å². The van der Waals surface area contributed by atoms with Gasteiger partial charge >= 0.3 is 0 Å². The normalized spacial score (nSPS) is 10.4. The fourth-order valence-corrected chi connectivity index (χ4v) is 2.16. The van der Waals surface area contributed by atoms with Crippen molar-refractivity contribution in [2.24, 2.45) is 0 Å². The third-order valence-corrected chi connectivity index (χ3v) is 3.39. The quantitative estimate of drug-likeness (QED) is 0.523. The van der Waals surface area contributed by atoms with Gasteiger partial charge in [0.2, 0.25) is 5.82 Å². The minimum Gasteiger partial charge on any atom is -0.493 e. The minimum atomic E-state index is -0.463. The van der Waals surface area contributed by atoms with Gasteiger partial charge in [-0.15, -0.1) is 0 Å². The van der Waals surface area contributed by atoms with E-state index in [0.29, 0.717) is 34.3 Å². The average molecular weight is 327 g/mol. The highest BCUT2D eigenvalue weighted by Crippen LogP contribution is 2.32. The van der Waals surface area contributed by atoms with Crippen LogP contribution in [0.15, 0.2) is 47.0 Å². The molecule has 0 radical (unpaired) electrons. The van der Waals surface area contributed by atoms with E-state index in [0.717, 1.165) is 0 Å². The standard InChI is InChI=1S/C16H13N3O5/c1-22-13-8-5-11(9-14(13)23-2)16-17-15(18-24-16)10-3-6-12(7-4-10)19(20)21/h3-9H,1-2H3. The summed E-state index contributed by atoms with van der Waals surface area (Å²) < 4.78 is 15.7. The van der Waals surface area contributed by atoms with E-state index in [1.165, 1.54) is 19.2 Å². The lowest BCUT2D eigenvalue weighted by atomic mass is 10.2. The molecule has 0 aliphatic carbocycles. The molecular weight excluding hydrogens is 314 g/mol. The Kier molecular flexibility index (Phi) is 4.11. The molecule has 0 fully saturated rings. The number of methoxy groups -OCH3 is 2. The Morgan fingerprint density at radius 3 is 2.29 bits per heavy atom. The Balaban J connectivity index is 1.91. The zero-order chi connectivity index (χ0) is 17.1. The Bertz CT molecular complexity index is 874. The van der Waals surface area contributed by atoms with Gasteiger partial charge in [-0.25, -0.2) is 0 Å². The largest absolute Gasteiger partial charge is 0.493 e. The molecule has 0 unspecified atom stereocenters. The SMILES string of the molecule is COc1ccc(-c2nc(-c3ccc([N+](=O)[O-])cc3)no2)cc1OC. The second-order valence-electron chi connectivity index (χ2n) is 4.80. The maximum Gasteiger partial charge on any atom is 0.269 e. The van der Waals surface area contributed by atoms with Gasteiger partial charge in [0.05, 0.1) is 19.1 Å². The molecule has 0 atom stereocenters. The van der Waals surface area contributed by atoms with Crippen molar-refractivity contribution in [2.75, 3.05) is 14.2 Å². The van der Waals surface area contributed by atoms with Crippen molar-refractivity contribution < 1.29 is 18.9 Å². The average Bonchev–Trinajstić information content (AvgIpc) is 3.11. The number of hydrogen-bond donors (Lipinski definition) is 0. The van der Waals surface area contributed by atoms with Gasteiger partial charge in [0, 0.05) is 23.3 Å². The van der Waals surface area contributed by atoms with Crippen LogP contribution >= 0.6 is 0 Å². The molecule has 0 aliphatic rings. The van der Waals surface area contributed by atoms with Crippen molar-refractivity contribution in [3.8, 4) is 34.3 Å². The number of aromatic nitrogens is 2. The lowest BCUT2D eigenvalue weighted by Crippen LogP contribution is -1.91. The molecule has 122 valence electrons. The predicted molar refractivity (Wildman–Crippen MR) is 84.9 cm³/mol. The van der Waals surface area contributed by atoms with E-state index in [2.05, 4.69) is 10.1 Å². The Morgan fingerprint density at radius 1 is 1.00 bits per heavy atom. The zero-order valence-corrected chi connectivity index (χ0v) is 12.9. The highest BCUT2D eigenvalue weighted by atomic mass is 16.6. The first-order valence-corrected chi connectivity index (χ1v) is 6.93. The number of nitro groups is 1. The van der Waals surface area contributed by atoms with Crippen molar-refractivity contribution in [2.45, 2.75) is 0 Å². The number of nitro benzene ring substituents is 1. The molecule has 8 heteroatoms. The molecule has 1 heterocycles. The second-order valence-corrected chi connectivity index (χ2v) is 4.80. The summed E-state index contributed by atoms with van der Waals surface area (Å²) in [6.45, 7) is 0. The summed E-state index contributed by atoms with van der Waals surface area (Å²) >= 11 is 0. The Labute approximate surface area is 136 Å². The van der Waals surface area contributed by atoms with E-state index in [9.17, 15) is 10.1 Å². The Morgan fingerprint density at radius 2 is 1.67 bits per heavy atom. The van der Waals surface area contributed by atoms with Crippen LogP contribution in [0.5, 0.6) is 11.5 Å². The predicted octanol–water partition coefficient (Wildman–Crippen LogP) is 3.33. The maximum atomic E-state index is 10.7. The highest BCUT2D eigenvalue weighted by molar-refractivity contribution is 5.63. The summed E-state index contributed by atoms with van der Waals surface area (Å²) in [6, 6.07) is 11.2. The van der Waals surface area contributed by atoms with Gasteiger partial charge in [0.1, 0.15) is 0 Å². The van der Waals surface area contributed by atoms with Gasteiger partial charge < -0.3 is 14.0 Å². The lowest BCUT2D eigenvalue weighted by molar-refractivity contribution is -0.384. The van der Waals surface area contributed by atoms with Crippen LogP contribution in [0.25, 0.3) is 22.8 Å². The highest BCUT2D eigenvalue weighted by Gasteiger charge is 2.14. The van der Waals surface area contributed by atoms with Gasteiger partial charge in [-0.1, -0.05) is 5.16 Å². The first-order chi connectivity index (χ1) is 11.6. The molecule has 0 aliphatic heterocycles. The van der Waals surface area contributed by atoms with Crippen molar-refractivity contribution in [3.05, 3.63) is 52.6 Å². The molecule has 3 aromatic rings. The van der Waals surface area contributed by atoms with Crippen LogP contribution in [0.1, 0.15) is 0 Å². The molecule has 2 aromatic carbocycles. The number of non-ortho nitro benzene ring substituents is 1. The molecule has 24 heavy (non-hydrogen) atoms. The van der Waals surface area contributed by atoms with Crippen molar-refractivity contribution in [1.29, 1.82) is 0 Å². The van der Waals surface area contributed by atoms with Gasteiger partial charge in [-0.3, -0.25) is 10.1 Å². The number of benzene rings is 2. The summed E-state index contributed by atoms with van der Waals surface area (Å²) in [5.41, 5.74) is 1.30. The maximum absolute atomic E-state index is 10.7. The van der Waals surface area contributed by atoms with E-state index < -0.39 is 4.92 Å². The molecule has 1 aromatic heterocycles.